The summed E-state index contributed by atoms with van der Waals surface area (Å²) in [7, 11) is 0. The molecule has 0 saturated heterocycles. The first-order valence-electron chi connectivity index (χ1n) is 7.11. The molecule has 0 aromatic heterocycles. The Hall–Kier alpha value is -1.27. The molecule has 1 atom stereocenters. The van der Waals surface area contributed by atoms with Crippen molar-refractivity contribution in [2.75, 3.05) is 6.61 Å². The molecule has 1 spiro atoms. The van der Waals surface area contributed by atoms with Gasteiger partial charge in [-0.1, -0.05) is 15.9 Å². The fourth-order valence-electron chi connectivity index (χ4n) is 2.81. The number of ether oxygens (including phenoxy) is 3. The van der Waals surface area contributed by atoms with E-state index in [-0.39, 0.29) is 6.61 Å². The monoisotopic (exact) mass is 356 g/mol. The molecule has 1 aliphatic carbocycles. The number of aliphatic hydroxyl groups is 1. The highest BCUT2D eigenvalue weighted by molar-refractivity contribution is 9.10. The molecule has 0 radical (unpaired) electrons. The maximum atomic E-state index is 11.7. The average Bonchev–Trinajstić information content (AvgIpc) is 3.03. The van der Waals surface area contributed by atoms with E-state index in [9.17, 15) is 9.90 Å². The minimum atomic E-state index is -1.34. The molecule has 1 aliphatic heterocycles. The van der Waals surface area contributed by atoms with Gasteiger partial charge in [-0.3, -0.25) is 0 Å². The number of hydrogen-bond donors (Lipinski definition) is 1. The lowest BCUT2D eigenvalue weighted by atomic mass is 10.1. The third kappa shape index (κ3) is 2.62. The van der Waals surface area contributed by atoms with Crippen molar-refractivity contribution in [2.45, 2.75) is 44.5 Å². The molecule has 3 rings (SSSR count). The fraction of sp³-hybridized carbons (Fsp3) is 0.533. The van der Waals surface area contributed by atoms with Crippen LogP contribution in [-0.4, -0.2) is 23.5 Å². The van der Waals surface area contributed by atoms with E-state index in [1.54, 1.807) is 19.1 Å². The standard InChI is InChI=1S/C15H17BrO5/c1-2-19-14(18)13(17)9-7-11-12(8-10(9)16)21-15(20-11)5-3-4-6-15/h7-8,13,17H,2-6H2,1H3. The number of fused-ring (bicyclic) bond motifs is 1. The van der Waals surface area contributed by atoms with E-state index in [0.717, 1.165) is 25.7 Å². The van der Waals surface area contributed by atoms with Crippen LogP contribution in [0, 0.1) is 0 Å². The van der Waals surface area contributed by atoms with Gasteiger partial charge in [0, 0.05) is 22.9 Å². The Balaban J connectivity index is 1.88. The SMILES string of the molecule is CCOC(=O)C(O)c1cc2c(cc1Br)OC1(CCCC1)O2. The highest BCUT2D eigenvalue weighted by Gasteiger charge is 2.44. The highest BCUT2D eigenvalue weighted by Crippen LogP contribution is 2.48. The van der Waals surface area contributed by atoms with Crippen molar-refractivity contribution in [2.24, 2.45) is 0 Å². The van der Waals surface area contributed by atoms with Crippen LogP contribution in [0.3, 0.4) is 0 Å². The van der Waals surface area contributed by atoms with Crippen molar-refractivity contribution >= 4 is 21.9 Å². The Bertz CT molecular complexity index is 565. The Morgan fingerprint density at radius 1 is 1.38 bits per heavy atom. The molecule has 5 nitrogen and oxygen atoms in total. The predicted molar refractivity (Wildman–Crippen MR) is 78.2 cm³/mol. The molecule has 0 amide bonds. The van der Waals surface area contributed by atoms with E-state index >= 15 is 0 Å². The zero-order chi connectivity index (χ0) is 15.0. The third-order valence-electron chi connectivity index (χ3n) is 3.82. The number of hydrogen-bond acceptors (Lipinski definition) is 5. The number of rotatable bonds is 3. The van der Waals surface area contributed by atoms with E-state index in [1.165, 1.54) is 0 Å². The van der Waals surface area contributed by atoms with Crippen LogP contribution in [-0.2, 0) is 9.53 Å². The lowest BCUT2D eigenvalue weighted by Crippen LogP contribution is -2.34. The van der Waals surface area contributed by atoms with Crippen LogP contribution >= 0.6 is 15.9 Å². The van der Waals surface area contributed by atoms with Gasteiger partial charge in [-0.05, 0) is 31.9 Å². The van der Waals surface area contributed by atoms with Gasteiger partial charge in [0.25, 0.3) is 5.79 Å². The predicted octanol–water partition coefficient (Wildman–Crippen LogP) is 3.09. The molecule has 1 N–H and O–H groups in total. The van der Waals surface area contributed by atoms with E-state index in [2.05, 4.69) is 15.9 Å². The van der Waals surface area contributed by atoms with Crippen molar-refractivity contribution in [3.8, 4) is 11.5 Å². The molecule has 2 aliphatic rings. The zero-order valence-electron chi connectivity index (χ0n) is 11.7. The van der Waals surface area contributed by atoms with Crippen LogP contribution in [0.25, 0.3) is 0 Å². The highest BCUT2D eigenvalue weighted by atomic mass is 79.9. The number of carbonyl (C=O) groups is 1. The van der Waals surface area contributed by atoms with Crippen LogP contribution in [0.4, 0.5) is 0 Å². The average molecular weight is 357 g/mol. The number of esters is 1. The third-order valence-corrected chi connectivity index (χ3v) is 4.51. The van der Waals surface area contributed by atoms with Gasteiger partial charge in [0.1, 0.15) is 0 Å². The van der Waals surface area contributed by atoms with Gasteiger partial charge in [-0.2, -0.15) is 0 Å². The van der Waals surface area contributed by atoms with Crippen LogP contribution in [0.1, 0.15) is 44.3 Å². The topological polar surface area (TPSA) is 65.0 Å². The summed E-state index contributed by atoms with van der Waals surface area (Å²) in [6.45, 7) is 1.92. The molecule has 114 valence electrons. The number of halogens is 1. The Labute approximate surface area is 131 Å². The maximum Gasteiger partial charge on any atom is 0.339 e. The lowest BCUT2D eigenvalue weighted by Gasteiger charge is -2.21. The summed E-state index contributed by atoms with van der Waals surface area (Å²) in [5, 5.41) is 10.1. The molecule has 6 heteroatoms. The van der Waals surface area contributed by atoms with Gasteiger partial charge in [-0.25, -0.2) is 4.79 Å². The molecule has 1 unspecified atom stereocenters. The van der Waals surface area contributed by atoms with Gasteiger partial charge in [0.2, 0.25) is 0 Å². The first-order chi connectivity index (χ1) is 10.0. The second-order valence-corrected chi connectivity index (χ2v) is 6.15. The van der Waals surface area contributed by atoms with Crippen molar-refractivity contribution in [1.29, 1.82) is 0 Å². The molecular formula is C15H17BrO5. The summed E-state index contributed by atoms with van der Waals surface area (Å²) in [5.74, 6) is -0.0235. The maximum absolute atomic E-state index is 11.7. The van der Waals surface area contributed by atoms with Gasteiger partial charge < -0.3 is 19.3 Å². The van der Waals surface area contributed by atoms with Crippen LogP contribution in [0.5, 0.6) is 11.5 Å². The van der Waals surface area contributed by atoms with Gasteiger partial charge >= 0.3 is 5.97 Å². The van der Waals surface area contributed by atoms with Crippen LogP contribution in [0.2, 0.25) is 0 Å². The van der Waals surface area contributed by atoms with Gasteiger partial charge in [0.15, 0.2) is 17.6 Å². The molecule has 1 heterocycles. The Morgan fingerprint density at radius 2 is 2.00 bits per heavy atom. The first kappa shape index (κ1) is 14.7. The summed E-state index contributed by atoms with van der Waals surface area (Å²) in [5.41, 5.74) is 0.422. The van der Waals surface area contributed by atoms with E-state index < -0.39 is 17.9 Å². The molecule has 0 bridgehead atoms. The molecule has 1 saturated carbocycles. The smallest absolute Gasteiger partial charge is 0.339 e. The summed E-state index contributed by atoms with van der Waals surface area (Å²) in [6.07, 6.45) is 2.53. The summed E-state index contributed by atoms with van der Waals surface area (Å²) in [6, 6.07) is 3.38. The Morgan fingerprint density at radius 3 is 2.62 bits per heavy atom. The van der Waals surface area contributed by atoms with Gasteiger partial charge in [-0.15, -0.1) is 0 Å². The van der Waals surface area contributed by atoms with Crippen molar-refractivity contribution in [3.63, 3.8) is 0 Å². The molecule has 21 heavy (non-hydrogen) atoms. The van der Waals surface area contributed by atoms with Crippen molar-refractivity contribution < 1.29 is 24.1 Å². The minimum Gasteiger partial charge on any atom is -0.464 e. The second-order valence-electron chi connectivity index (χ2n) is 5.30. The zero-order valence-corrected chi connectivity index (χ0v) is 13.3. The fourth-order valence-corrected chi connectivity index (χ4v) is 3.35. The summed E-state index contributed by atoms with van der Waals surface area (Å²) in [4.78, 5) is 11.7. The quantitative estimate of drug-likeness (QED) is 0.843. The second kappa shape index (κ2) is 5.50. The van der Waals surface area contributed by atoms with Crippen molar-refractivity contribution in [3.05, 3.63) is 22.2 Å². The minimum absolute atomic E-state index is 0.223. The molecule has 1 aromatic carbocycles. The Kier molecular flexibility index (Phi) is 3.84. The summed E-state index contributed by atoms with van der Waals surface area (Å²) >= 11 is 3.36. The number of aliphatic hydroxyl groups excluding tert-OH is 1. The molecular weight excluding hydrogens is 340 g/mol. The van der Waals surface area contributed by atoms with E-state index in [4.69, 9.17) is 14.2 Å². The number of carbonyl (C=O) groups excluding carboxylic acids is 1. The molecule has 1 aromatic rings. The van der Waals surface area contributed by atoms with Crippen LogP contribution < -0.4 is 9.47 Å². The van der Waals surface area contributed by atoms with E-state index in [1.807, 2.05) is 0 Å². The normalized spacial score (nSPS) is 19.8. The largest absolute Gasteiger partial charge is 0.464 e. The van der Waals surface area contributed by atoms with Crippen LogP contribution in [0.15, 0.2) is 16.6 Å². The summed E-state index contributed by atoms with van der Waals surface area (Å²) < 4.78 is 17.3. The lowest BCUT2D eigenvalue weighted by molar-refractivity contribution is -0.153. The number of benzene rings is 1. The van der Waals surface area contributed by atoms with Crippen molar-refractivity contribution in [1.82, 2.24) is 0 Å². The van der Waals surface area contributed by atoms with Gasteiger partial charge in [0.05, 0.1) is 6.61 Å². The van der Waals surface area contributed by atoms with E-state index in [0.29, 0.717) is 21.5 Å². The molecule has 1 fully saturated rings. The first-order valence-corrected chi connectivity index (χ1v) is 7.90.